The maximum atomic E-state index is 12.2. The number of rotatable bonds is 4. The van der Waals surface area contributed by atoms with Crippen molar-refractivity contribution in [2.75, 3.05) is 6.54 Å². The molecule has 3 unspecified atom stereocenters. The molecule has 0 radical (unpaired) electrons. The lowest BCUT2D eigenvalue weighted by Gasteiger charge is -2.30. The topological polar surface area (TPSA) is 41.1 Å². The Bertz CT molecular complexity index is 299. The minimum Gasteiger partial charge on any atom is -0.355 e. The number of hydrogen-bond donors (Lipinski definition) is 2. The smallest absolute Gasteiger partial charge is 0.224 e. The van der Waals surface area contributed by atoms with Crippen LogP contribution in [0.25, 0.3) is 0 Å². The van der Waals surface area contributed by atoms with Crippen LogP contribution in [0.4, 0.5) is 0 Å². The molecular weight excluding hydrogens is 212 g/mol. The first-order valence-electron chi connectivity index (χ1n) is 6.94. The molecule has 3 atom stereocenters. The first kappa shape index (κ1) is 12.9. The van der Waals surface area contributed by atoms with Crippen LogP contribution in [0.15, 0.2) is 0 Å². The summed E-state index contributed by atoms with van der Waals surface area (Å²) in [5.74, 6) is 1.07. The van der Waals surface area contributed by atoms with E-state index in [1.807, 2.05) is 0 Å². The van der Waals surface area contributed by atoms with E-state index in [4.69, 9.17) is 0 Å². The fourth-order valence-corrected chi connectivity index (χ4v) is 2.76. The Morgan fingerprint density at radius 3 is 2.59 bits per heavy atom. The fraction of sp³-hybridized carbons (Fsp3) is 0.929. The summed E-state index contributed by atoms with van der Waals surface area (Å²) in [6.45, 7) is 9.65. The summed E-state index contributed by atoms with van der Waals surface area (Å²) in [5.41, 5.74) is 0.181. The average Bonchev–Trinajstić information content (AvgIpc) is 2.87. The summed E-state index contributed by atoms with van der Waals surface area (Å²) in [6.07, 6.45) is 3.47. The molecule has 17 heavy (non-hydrogen) atoms. The van der Waals surface area contributed by atoms with Gasteiger partial charge in [-0.05, 0) is 30.6 Å². The minimum atomic E-state index is 0.181. The highest BCUT2D eigenvalue weighted by atomic mass is 16.1. The summed E-state index contributed by atoms with van der Waals surface area (Å²) >= 11 is 0. The van der Waals surface area contributed by atoms with Gasteiger partial charge in [0, 0.05) is 18.6 Å². The van der Waals surface area contributed by atoms with Gasteiger partial charge in [0.1, 0.15) is 0 Å². The molecule has 2 fully saturated rings. The van der Waals surface area contributed by atoms with Crippen molar-refractivity contribution in [1.82, 2.24) is 10.6 Å². The normalized spacial score (nSPS) is 32.2. The monoisotopic (exact) mass is 238 g/mol. The molecule has 1 amide bonds. The van der Waals surface area contributed by atoms with Gasteiger partial charge in [0.2, 0.25) is 5.91 Å². The Kier molecular flexibility index (Phi) is 3.48. The fourth-order valence-electron chi connectivity index (χ4n) is 2.76. The highest BCUT2D eigenvalue weighted by Crippen LogP contribution is 2.33. The summed E-state index contributed by atoms with van der Waals surface area (Å²) in [6, 6.07) is 1.05. The van der Waals surface area contributed by atoms with E-state index >= 15 is 0 Å². The molecule has 2 aliphatic heterocycles. The summed E-state index contributed by atoms with van der Waals surface area (Å²) in [7, 11) is 0. The van der Waals surface area contributed by atoms with Gasteiger partial charge in [-0.3, -0.25) is 4.79 Å². The third kappa shape index (κ3) is 2.65. The first-order chi connectivity index (χ1) is 7.90. The zero-order valence-corrected chi connectivity index (χ0v) is 11.5. The van der Waals surface area contributed by atoms with Gasteiger partial charge in [-0.1, -0.05) is 27.7 Å². The van der Waals surface area contributed by atoms with Gasteiger partial charge in [0.15, 0.2) is 0 Å². The molecule has 3 nitrogen and oxygen atoms in total. The molecule has 0 aliphatic carbocycles. The van der Waals surface area contributed by atoms with E-state index in [9.17, 15) is 4.79 Å². The average molecular weight is 238 g/mol. The largest absolute Gasteiger partial charge is 0.355 e. The molecule has 2 bridgehead atoms. The van der Waals surface area contributed by atoms with E-state index in [1.54, 1.807) is 0 Å². The quantitative estimate of drug-likeness (QED) is 0.785. The van der Waals surface area contributed by atoms with Crippen LogP contribution in [-0.2, 0) is 4.79 Å². The van der Waals surface area contributed by atoms with Crippen molar-refractivity contribution in [3.8, 4) is 0 Å². The zero-order chi connectivity index (χ0) is 12.6. The molecular formula is C14H26N2O. The standard InChI is InChI=1S/C14H26N2O/c1-9(2)14(3,4)8-15-13(17)11-7-10-5-6-12(11)16-10/h9-12,16H,5-8H2,1-4H3,(H,15,17). The number of nitrogens with one attached hydrogen (secondary N) is 2. The Morgan fingerprint density at radius 1 is 1.41 bits per heavy atom. The molecule has 2 rings (SSSR count). The molecule has 0 aromatic rings. The summed E-state index contributed by atoms with van der Waals surface area (Å²) in [4.78, 5) is 12.2. The van der Waals surface area contributed by atoms with Gasteiger partial charge in [-0.25, -0.2) is 0 Å². The highest BCUT2D eigenvalue weighted by molar-refractivity contribution is 5.80. The molecule has 3 heteroatoms. The van der Waals surface area contributed by atoms with Crippen LogP contribution in [0.5, 0.6) is 0 Å². The molecule has 0 aromatic heterocycles. The second kappa shape index (κ2) is 4.60. The van der Waals surface area contributed by atoms with Crippen LogP contribution in [-0.4, -0.2) is 24.5 Å². The van der Waals surface area contributed by atoms with Crippen molar-refractivity contribution >= 4 is 5.91 Å². The van der Waals surface area contributed by atoms with Crippen molar-refractivity contribution in [3.63, 3.8) is 0 Å². The number of carbonyl (C=O) groups excluding carboxylic acids is 1. The van der Waals surface area contributed by atoms with Crippen molar-refractivity contribution < 1.29 is 4.79 Å². The predicted octanol–water partition coefficient (Wildman–Crippen LogP) is 1.93. The van der Waals surface area contributed by atoms with Gasteiger partial charge in [0.25, 0.3) is 0 Å². The molecule has 2 aliphatic rings. The maximum Gasteiger partial charge on any atom is 0.224 e. The van der Waals surface area contributed by atoms with Crippen LogP contribution in [0, 0.1) is 17.3 Å². The van der Waals surface area contributed by atoms with Crippen LogP contribution >= 0.6 is 0 Å². The highest BCUT2D eigenvalue weighted by Gasteiger charge is 2.42. The third-order valence-electron chi connectivity index (χ3n) is 4.92. The molecule has 2 heterocycles. The second-order valence-electron chi connectivity index (χ2n) is 6.75. The predicted molar refractivity (Wildman–Crippen MR) is 69.7 cm³/mol. The SMILES string of the molecule is CC(C)C(C)(C)CNC(=O)C1CC2CCC1N2. The van der Waals surface area contributed by atoms with Crippen LogP contribution in [0.2, 0.25) is 0 Å². The lowest BCUT2D eigenvalue weighted by atomic mass is 9.81. The van der Waals surface area contributed by atoms with Crippen molar-refractivity contribution in [2.45, 2.75) is 59.0 Å². The van der Waals surface area contributed by atoms with Gasteiger partial charge < -0.3 is 10.6 Å². The lowest BCUT2D eigenvalue weighted by molar-refractivity contribution is -0.126. The van der Waals surface area contributed by atoms with E-state index in [2.05, 4.69) is 38.3 Å². The lowest BCUT2D eigenvalue weighted by Crippen LogP contribution is -2.42. The molecule has 2 N–H and O–H groups in total. The molecule has 0 aromatic carbocycles. The number of hydrogen-bond acceptors (Lipinski definition) is 2. The third-order valence-corrected chi connectivity index (χ3v) is 4.92. The molecule has 0 saturated carbocycles. The van der Waals surface area contributed by atoms with E-state index in [0.29, 0.717) is 18.0 Å². The van der Waals surface area contributed by atoms with Crippen molar-refractivity contribution in [2.24, 2.45) is 17.3 Å². The van der Waals surface area contributed by atoms with E-state index < -0.39 is 0 Å². The number of carbonyl (C=O) groups is 1. The summed E-state index contributed by atoms with van der Waals surface area (Å²) < 4.78 is 0. The van der Waals surface area contributed by atoms with Crippen LogP contribution in [0.3, 0.4) is 0 Å². The molecule has 98 valence electrons. The van der Waals surface area contributed by atoms with Gasteiger partial charge in [-0.15, -0.1) is 0 Å². The number of fused-ring (bicyclic) bond motifs is 2. The Morgan fingerprint density at radius 2 is 2.12 bits per heavy atom. The van der Waals surface area contributed by atoms with Crippen molar-refractivity contribution in [1.29, 1.82) is 0 Å². The Hall–Kier alpha value is -0.570. The minimum absolute atomic E-state index is 0.181. The zero-order valence-electron chi connectivity index (χ0n) is 11.5. The van der Waals surface area contributed by atoms with E-state index in [1.165, 1.54) is 12.8 Å². The van der Waals surface area contributed by atoms with Crippen molar-refractivity contribution in [3.05, 3.63) is 0 Å². The van der Waals surface area contributed by atoms with Crippen LogP contribution < -0.4 is 10.6 Å². The van der Waals surface area contributed by atoms with Gasteiger partial charge in [-0.2, -0.15) is 0 Å². The molecule has 0 spiro atoms. The molecule has 2 saturated heterocycles. The van der Waals surface area contributed by atoms with Gasteiger partial charge >= 0.3 is 0 Å². The van der Waals surface area contributed by atoms with Crippen LogP contribution in [0.1, 0.15) is 47.0 Å². The van der Waals surface area contributed by atoms with E-state index in [-0.39, 0.29) is 17.2 Å². The second-order valence-corrected chi connectivity index (χ2v) is 6.75. The Labute approximate surface area is 105 Å². The summed E-state index contributed by atoms with van der Waals surface area (Å²) in [5, 5.41) is 6.67. The first-order valence-corrected chi connectivity index (χ1v) is 6.94. The number of amides is 1. The Balaban J connectivity index is 1.82. The van der Waals surface area contributed by atoms with E-state index in [0.717, 1.165) is 13.0 Å². The maximum absolute atomic E-state index is 12.2. The van der Waals surface area contributed by atoms with Gasteiger partial charge in [0.05, 0.1) is 5.92 Å².